The molecule has 1 N–H and O–H groups in total. The Bertz CT molecular complexity index is 358. The van der Waals surface area contributed by atoms with E-state index in [1.165, 1.54) is 0 Å². The SMILES string of the molecule is FC(F)(F)Sc1ccccc1C1CCNC1. The van der Waals surface area contributed by atoms with Crippen molar-refractivity contribution < 1.29 is 13.2 Å². The lowest BCUT2D eigenvalue weighted by molar-refractivity contribution is -0.0328. The molecule has 1 aliphatic rings. The molecule has 0 amide bonds. The molecule has 0 aliphatic carbocycles. The van der Waals surface area contributed by atoms with Crippen LogP contribution < -0.4 is 5.32 Å². The minimum atomic E-state index is -4.21. The number of rotatable bonds is 2. The van der Waals surface area contributed by atoms with Gasteiger partial charge in [0.15, 0.2) is 0 Å². The molecule has 0 spiro atoms. The van der Waals surface area contributed by atoms with Gasteiger partial charge in [-0.25, -0.2) is 0 Å². The van der Waals surface area contributed by atoms with E-state index >= 15 is 0 Å². The van der Waals surface area contributed by atoms with Crippen LogP contribution in [0.25, 0.3) is 0 Å². The van der Waals surface area contributed by atoms with Gasteiger partial charge in [0.25, 0.3) is 0 Å². The first-order valence-corrected chi connectivity index (χ1v) is 5.93. The Kier molecular flexibility index (Phi) is 3.44. The maximum Gasteiger partial charge on any atom is 0.446 e. The van der Waals surface area contributed by atoms with Gasteiger partial charge in [-0.15, -0.1) is 0 Å². The van der Waals surface area contributed by atoms with E-state index in [4.69, 9.17) is 0 Å². The molecule has 88 valence electrons. The topological polar surface area (TPSA) is 12.0 Å². The summed E-state index contributed by atoms with van der Waals surface area (Å²) in [5.41, 5.74) is -3.39. The molecule has 1 atom stereocenters. The van der Waals surface area contributed by atoms with Crippen LogP contribution in [0.4, 0.5) is 13.2 Å². The maximum absolute atomic E-state index is 12.4. The third-order valence-electron chi connectivity index (χ3n) is 2.64. The van der Waals surface area contributed by atoms with Gasteiger partial charge in [0.05, 0.1) is 0 Å². The van der Waals surface area contributed by atoms with Crippen molar-refractivity contribution in [2.45, 2.75) is 22.7 Å². The summed E-state index contributed by atoms with van der Waals surface area (Å²) in [6, 6.07) is 6.80. The summed E-state index contributed by atoms with van der Waals surface area (Å²) in [5.74, 6) is 0.214. The van der Waals surface area contributed by atoms with Crippen molar-refractivity contribution in [2.75, 3.05) is 13.1 Å². The summed E-state index contributed by atoms with van der Waals surface area (Å²) in [6.07, 6.45) is 0.912. The molecule has 1 aliphatic heterocycles. The molecule has 1 saturated heterocycles. The van der Waals surface area contributed by atoms with Gasteiger partial charge in [-0.1, -0.05) is 18.2 Å². The van der Waals surface area contributed by atoms with Gasteiger partial charge in [0.2, 0.25) is 0 Å². The van der Waals surface area contributed by atoms with Crippen LogP contribution in [0.3, 0.4) is 0 Å². The molecule has 1 nitrogen and oxygen atoms in total. The van der Waals surface area contributed by atoms with Crippen LogP contribution in [0.5, 0.6) is 0 Å². The Balaban J connectivity index is 2.23. The molecule has 1 heterocycles. The maximum atomic E-state index is 12.4. The highest BCUT2D eigenvalue weighted by Gasteiger charge is 2.31. The Hall–Kier alpha value is -0.680. The largest absolute Gasteiger partial charge is 0.446 e. The second-order valence-corrected chi connectivity index (χ2v) is 4.88. The fraction of sp³-hybridized carbons (Fsp3) is 0.455. The van der Waals surface area contributed by atoms with Crippen LogP contribution in [0.1, 0.15) is 17.9 Å². The Labute approximate surface area is 96.4 Å². The molecule has 0 bridgehead atoms. The van der Waals surface area contributed by atoms with E-state index in [1.807, 2.05) is 0 Å². The third-order valence-corrected chi connectivity index (χ3v) is 3.47. The van der Waals surface area contributed by atoms with Crippen LogP contribution in [0.2, 0.25) is 0 Å². The van der Waals surface area contributed by atoms with E-state index in [2.05, 4.69) is 5.32 Å². The van der Waals surface area contributed by atoms with E-state index in [1.54, 1.807) is 24.3 Å². The normalized spacial score (nSPS) is 21.3. The second kappa shape index (κ2) is 4.67. The van der Waals surface area contributed by atoms with Crippen molar-refractivity contribution >= 4 is 11.8 Å². The molecular weight excluding hydrogens is 235 g/mol. The zero-order valence-electron chi connectivity index (χ0n) is 8.55. The summed E-state index contributed by atoms with van der Waals surface area (Å²) in [6.45, 7) is 1.66. The average Bonchev–Trinajstić information content (AvgIpc) is 2.69. The van der Waals surface area contributed by atoms with E-state index in [0.29, 0.717) is 4.90 Å². The number of alkyl halides is 3. The minimum absolute atomic E-state index is 0.0136. The third kappa shape index (κ3) is 2.92. The fourth-order valence-corrected chi connectivity index (χ4v) is 2.70. The van der Waals surface area contributed by atoms with Gasteiger partial charge >= 0.3 is 5.51 Å². The summed E-state index contributed by atoms with van der Waals surface area (Å²) >= 11 is -0.0136. The van der Waals surface area contributed by atoms with Gasteiger partial charge in [-0.3, -0.25) is 0 Å². The zero-order chi connectivity index (χ0) is 11.6. The predicted octanol–water partition coefficient (Wildman–Crippen LogP) is 3.38. The average molecular weight is 247 g/mol. The first kappa shape index (κ1) is 11.8. The number of hydrogen-bond donors (Lipinski definition) is 1. The van der Waals surface area contributed by atoms with Crippen molar-refractivity contribution in [1.82, 2.24) is 5.32 Å². The van der Waals surface area contributed by atoms with Gasteiger partial charge in [-0.05, 0) is 42.3 Å². The van der Waals surface area contributed by atoms with E-state index < -0.39 is 5.51 Å². The standard InChI is InChI=1S/C11H12F3NS/c12-11(13,14)16-10-4-2-1-3-9(10)8-5-6-15-7-8/h1-4,8,15H,5-7H2. The molecule has 0 aromatic heterocycles. The summed E-state index contributed by atoms with van der Waals surface area (Å²) in [4.78, 5) is 0.337. The summed E-state index contributed by atoms with van der Waals surface area (Å²) < 4.78 is 37.1. The van der Waals surface area contributed by atoms with Gasteiger partial charge in [0, 0.05) is 11.4 Å². The number of halogens is 3. The Morgan fingerprint density at radius 3 is 2.62 bits per heavy atom. The van der Waals surface area contributed by atoms with Crippen LogP contribution >= 0.6 is 11.8 Å². The molecule has 16 heavy (non-hydrogen) atoms. The molecule has 0 saturated carbocycles. The lowest BCUT2D eigenvalue weighted by Gasteiger charge is -2.15. The molecule has 1 aromatic rings. The van der Waals surface area contributed by atoms with Crippen molar-refractivity contribution in [2.24, 2.45) is 0 Å². The fourth-order valence-electron chi connectivity index (χ4n) is 1.96. The second-order valence-electron chi connectivity index (χ2n) is 3.78. The number of hydrogen-bond acceptors (Lipinski definition) is 2. The first-order chi connectivity index (χ1) is 7.56. The Morgan fingerprint density at radius 1 is 1.25 bits per heavy atom. The number of nitrogens with one attached hydrogen (secondary N) is 1. The van der Waals surface area contributed by atoms with Crippen LogP contribution in [-0.2, 0) is 0 Å². The van der Waals surface area contributed by atoms with Gasteiger partial charge in [-0.2, -0.15) is 13.2 Å². The highest BCUT2D eigenvalue weighted by atomic mass is 32.2. The molecule has 1 unspecified atom stereocenters. The van der Waals surface area contributed by atoms with Gasteiger partial charge in [0.1, 0.15) is 0 Å². The quantitative estimate of drug-likeness (QED) is 0.804. The molecule has 2 rings (SSSR count). The zero-order valence-corrected chi connectivity index (χ0v) is 9.37. The van der Waals surface area contributed by atoms with Crippen molar-refractivity contribution in [1.29, 1.82) is 0 Å². The van der Waals surface area contributed by atoms with Crippen LogP contribution in [0.15, 0.2) is 29.2 Å². The Morgan fingerprint density at radius 2 is 2.00 bits per heavy atom. The highest BCUT2D eigenvalue weighted by Crippen LogP contribution is 2.41. The lowest BCUT2D eigenvalue weighted by Crippen LogP contribution is -2.09. The van der Waals surface area contributed by atoms with Crippen molar-refractivity contribution in [3.05, 3.63) is 29.8 Å². The molecule has 1 fully saturated rings. The molecular formula is C11H12F3NS. The highest BCUT2D eigenvalue weighted by molar-refractivity contribution is 8.00. The number of thioether (sulfide) groups is 1. The van der Waals surface area contributed by atoms with Crippen LogP contribution in [-0.4, -0.2) is 18.6 Å². The lowest BCUT2D eigenvalue weighted by atomic mass is 9.99. The smallest absolute Gasteiger partial charge is 0.316 e. The van der Waals surface area contributed by atoms with E-state index in [9.17, 15) is 13.2 Å². The van der Waals surface area contributed by atoms with Crippen molar-refractivity contribution in [3.63, 3.8) is 0 Å². The molecule has 5 heteroatoms. The first-order valence-electron chi connectivity index (χ1n) is 5.11. The monoisotopic (exact) mass is 247 g/mol. The van der Waals surface area contributed by atoms with E-state index in [-0.39, 0.29) is 17.7 Å². The summed E-state index contributed by atoms with van der Waals surface area (Å²) in [5, 5.41) is 3.17. The number of benzene rings is 1. The molecule has 0 radical (unpaired) electrons. The van der Waals surface area contributed by atoms with Crippen LogP contribution in [0, 0.1) is 0 Å². The van der Waals surface area contributed by atoms with E-state index in [0.717, 1.165) is 25.1 Å². The van der Waals surface area contributed by atoms with Gasteiger partial charge < -0.3 is 5.32 Å². The summed E-state index contributed by atoms with van der Waals surface area (Å²) in [7, 11) is 0. The predicted molar refractivity (Wildman–Crippen MR) is 58.6 cm³/mol. The molecule has 1 aromatic carbocycles. The minimum Gasteiger partial charge on any atom is -0.316 e. The van der Waals surface area contributed by atoms with Crippen molar-refractivity contribution in [3.8, 4) is 0 Å².